The first kappa shape index (κ1) is 13.9. The Morgan fingerprint density at radius 1 is 1.41 bits per heavy atom. The van der Waals surface area contributed by atoms with Crippen LogP contribution in [-0.2, 0) is 6.54 Å². The van der Waals surface area contributed by atoms with Gasteiger partial charge >= 0.3 is 6.01 Å². The Morgan fingerprint density at radius 2 is 2.06 bits per heavy atom. The molecule has 0 saturated heterocycles. The van der Waals surface area contributed by atoms with Crippen molar-refractivity contribution in [3.05, 3.63) is 5.89 Å². The molecule has 2 N–H and O–H groups in total. The van der Waals surface area contributed by atoms with Gasteiger partial charge < -0.3 is 19.7 Å². The van der Waals surface area contributed by atoms with Crippen LogP contribution in [0.25, 0.3) is 0 Å². The third-order valence-corrected chi connectivity index (χ3v) is 2.07. The Bertz CT molecular complexity index is 343. The van der Waals surface area contributed by atoms with Crippen molar-refractivity contribution in [3.8, 4) is 0 Å². The van der Waals surface area contributed by atoms with Gasteiger partial charge in [-0.1, -0.05) is 18.9 Å². The number of aliphatic hydroxyl groups is 1. The summed E-state index contributed by atoms with van der Waals surface area (Å²) in [6.45, 7) is 8.57. The highest BCUT2D eigenvalue weighted by Gasteiger charge is 2.19. The summed E-state index contributed by atoms with van der Waals surface area (Å²) < 4.78 is 5.47. The highest BCUT2D eigenvalue weighted by Crippen LogP contribution is 2.13. The summed E-state index contributed by atoms with van der Waals surface area (Å²) in [6.07, 6.45) is 0. The van der Waals surface area contributed by atoms with Crippen molar-refractivity contribution >= 4 is 6.01 Å². The van der Waals surface area contributed by atoms with Gasteiger partial charge in [-0.2, -0.15) is 0 Å². The van der Waals surface area contributed by atoms with Crippen molar-refractivity contribution in [2.24, 2.45) is 0 Å². The molecule has 0 radical (unpaired) electrons. The molecule has 0 unspecified atom stereocenters. The Kier molecular flexibility index (Phi) is 4.47. The number of nitrogens with zero attached hydrogens (tertiary/aromatic N) is 3. The van der Waals surface area contributed by atoms with Gasteiger partial charge in [-0.3, -0.25) is 0 Å². The molecule has 0 atom stereocenters. The summed E-state index contributed by atoms with van der Waals surface area (Å²) in [6, 6.07) is 0.798. The predicted molar refractivity (Wildman–Crippen MR) is 65.8 cm³/mol. The lowest BCUT2D eigenvalue weighted by atomic mass is 10.1. The molecule has 1 rings (SSSR count). The van der Waals surface area contributed by atoms with Crippen LogP contribution in [0.15, 0.2) is 4.42 Å². The van der Waals surface area contributed by atoms with E-state index in [1.54, 1.807) is 18.7 Å². The lowest BCUT2D eigenvalue weighted by Crippen LogP contribution is -2.36. The number of rotatable bonds is 6. The van der Waals surface area contributed by atoms with E-state index in [1.807, 2.05) is 7.05 Å². The fraction of sp³-hybridized carbons (Fsp3) is 0.818. The molecule has 0 saturated carbocycles. The number of aromatic nitrogens is 2. The van der Waals surface area contributed by atoms with E-state index in [0.29, 0.717) is 31.0 Å². The van der Waals surface area contributed by atoms with Crippen LogP contribution in [0.1, 0.15) is 33.6 Å². The van der Waals surface area contributed by atoms with Gasteiger partial charge in [0.15, 0.2) is 0 Å². The first-order valence-corrected chi connectivity index (χ1v) is 5.77. The van der Waals surface area contributed by atoms with E-state index in [0.717, 1.165) is 0 Å². The number of hydrogen-bond acceptors (Lipinski definition) is 6. The van der Waals surface area contributed by atoms with Crippen LogP contribution >= 0.6 is 0 Å². The molecule has 0 aliphatic heterocycles. The third kappa shape index (κ3) is 5.14. The molecule has 0 aliphatic rings. The molecule has 1 aromatic rings. The molecule has 0 fully saturated rings. The van der Waals surface area contributed by atoms with Crippen LogP contribution in [0.4, 0.5) is 6.01 Å². The molecule has 0 spiro atoms. The standard InChI is InChI=1S/C11H22N4O2/c1-8(2)12-6-9-13-14-10(17-9)15(5)7-11(3,4)16/h8,12,16H,6-7H2,1-5H3. The van der Waals surface area contributed by atoms with Crippen molar-refractivity contribution in [1.82, 2.24) is 15.5 Å². The number of hydrogen-bond donors (Lipinski definition) is 2. The van der Waals surface area contributed by atoms with E-state index >= 15 is 0 Å². The molecular weight excluding hydrogens is 220 g/mol. The van der Waals surface area contributed by atoms with Crippen LogP contribution in [0.2, 0.25) is 0 Å². The van der Waals surface area contributed by atoms with E-state index < -0.39 is 5.60 Å². The van der Waals surface area contributed by atoms with Crippen LogP contribution in [0, 0.1) is 0 Å². The average Bonchev–Trinajstić information content (AvgIpc) is 2.60. The van der Waals surface area contributed by atoms with Crippen LogP contribution < -0.4 is 10.2 Å². The zero-order chi connectivity index (χ0) is 13.1. The molecule has 0 amide bonds. The maximum absolute atomic E-state index is 9.69. The van der Waals surface area contributed by atoms with E-state index in [4.69, 9.17) is 4.42 Å². The van der Waals surface area contributed by atoms with Gasteiger partial charge in [0.05, 0.1) is 18.7 Å². The second kappa shape index (κ2) is 5.46. The molecule has 0 aromatic carbocycles. The molecule has 0 bridgehead atoms. The summed E-state index contributed by atoms with van der Waals surface area (Å²) in [5.74, 6) is 0.552. The molecular formula is C11H22N4O2. The maximum atomic E-state index is 9.69. The van der Waals surface area contributed by atoms with Gasteiger partial charge in [-0.15, -0.1) is 5.10 Å². The Balaban J connectivity index is 2.55. The van der Waals surface area contributed by atoms with Crippen molar-refractivity contribution in [1.29, 1.82) is 0 Å². The largest absolute Gasteiger partial charge is 0.407 e. The number of anilines is 1. The Labute approximate surface area is 102 Å². The molecule has 17 heavy (non-hydrogen) atoms. The van der Waals surface area contributed by atoms with Gasteiger partial charge in [-0.25, -0.2) is 0 Å². The SMILES string of the molecule is CC(C)NCc1nnc(N(C)CC(C)(C)O)o1. The minimum absolute atomic E-state index is 0.374. The summed E-state index contributed by atoms with van der Waals surface area (Å²) in [7, 11) is 1.81. The maximum Gasteiger partial charge on any atom is 0.318 e. The molecule has 6 nitrogen and oxygen atoms in total. The van der Waals surface area contributed by atoms with E-state index in [9.17, 15) is 5.11 Å². The lowest BCUT2D eigenvalue weighted by molar-refractivity contribution is 0.0874. The Morgan fingerprint density at radius 3 is 2.59 bits per heavy atom. The summed E-state index contributed by atoms with van der Waals surface area (Å²) in [4.78, 5) is 1.74. The second-order valence-electron chi connectivity index (χ2n) is 5.18. The second-order valence-corrected chi connectivity index (χ2v) is 5.18. The highest BCUT2D eigenvalue weighted by molar-refractivity contribution is 5.22. The molecule has 1 aromatic heterocycles. The molecule has 1 heterocycles. The van der Waals surface area contributed by atoms with E-state index in [-0.39, 0.29) is 0 Å². The third-order valence-electron chi connectivity index (χ3n) is 2.07. The van der Waals surface area contributed by atoms with E-state index in [2.05, 4.69) is 29.4 Å². The van der Waals surface area contributed by atoms with Crippen molar-refractivity contribution in [3.63, 3.8) is 0 Å². The van der Waals surface area contributed by atoms with Crippen molar-refractivity contribution in [2.45, 2.75) is 45.9 Å². The van der Waals surface area contributed by atoms with Crippen molar-refractivity contribution < 1.29 is 9.52 Å². The normalized spacial score (nSPS) is 12.2. The Hall–Kier alpha value is -1.14. The molecule has 0 aliphatic carbocycles. The first-order valence-electron chi connectivity index (χ1n) is 5.77. The van der Waals surface area contributed by atoms with Crippen LogP contribution in [-0.4, -0.2) is 40.5 Å². The first-order chi connectivity index (χ1) is 7.78. The van der Waals surface area contributed by atoms with Gasteiger partial charge in [-0.05, 0) is 13.8 Å². The van der Waals surface area contributed by atoms with Gasteiger partial charge in [0.1, 0.15) is 0 Å². The molecule has 6 heteroatoms. The predicted octanol–water partition coefficient (Wildman–Crippen LogP) is 0.775. The molecule has 98 valence electrons. The van der Waals surface area contributed by atoms with Gasteiger partial charge in [0, 0.05) is 13.1 Å². The summed E-state index contributed by atoms with van der Waals surface area (Å²) >= 11 is 0. The van der Waals surface area contributed by atoms with Gasteiger partial charge in [0.2, 0.25) is 5.89 Å². The van der Waals surface area contributed by atoms with Crippen LogP contribution in [0.5, 0.6) is 0 Å². The van der Waals surface area contributed by atoms with Crippen molar-refractivity contribution in [2.75, 3.05) is 18.5 Å². The average molecular weight is 242 g/mol. The van der Waals surface area contributed by atoms with Crippen LogP contribution in [0.3, 0.4) is 0 Å². The zero-order valence-electron chi connectivity index (χ0n) is 11.2. The zero-order valence-corrected chi connectivity index (χ0v) is 11.2. The number of nitrogens with one attached hydrogen (secondary N) is 1. The number of likely N-dealkylation sites (N-methyl/N-ethyl adjacent to an activating group) is 1. The quantitative estimate of drug-likeness (QED) is 0.767. The highest BCUT2D eigenvalue weighted by atomic mass is 16.4. The monoisotopic (exact) mass is 242 g/mol. The van der Waals surface area contributed by atoms with E-state index in [1.165, 1.54) is 0 Å². The summed E-state index contributed by atoms with van der Waals surface area (Å²) in [5.41, 5.74) is -0.792. The minimum Gasteiger partial charge on any atom is -0.407 e. The fourth-order valence-corrected chi connectivity index (χ4v) is 1.41. The lowest BCUT2D eigenvalue weighted by Gasteiger charge is -2.23. The minimum atomic E-state index is -0.792. The smallest absolute Gasteiger partial charge is 0.318 e. The fourth-order valence-electron chi connectivity index (χ4n) is 1.41. The van der Waals surface area contributed by atoms with Gasteiger partial charge in [0.25, 0.3) is 0 Å². The topological polar surface area (TPSA) is 74.4 Å². The summed E-state index contributed by atoms with van der Waals surface area (Å²) in [5, 5.41) is 20.8.